The van der Waals surface area contributed by atoms with Crippen molar-refractivity contribution in [2.75, 3.05) is 0 Å². The minimum atomic E-state index is -4.10. The molecule has 0 bridgehead atoms. The quantitative estimate of drug-likeness (QED) is 0.248. The SMILES string of the molecule is CC1=C([Se]c2ccccc2)C(C)=[N+]2C1=C(c1c(C)cc(C)cc1C)c1c(C)c([Se]c3ccccc3)c(C)n1[B-]2(F)F. The first-order chi connectivity index (χ1) is 19.5. The van der Waals surface area contributed by atoms with E-state index in [1.165, 1.54) is 23.5 Å². The van der Waals surface area contributed by atoms with Gasteiger partial charge in [0.15, 0.2) is 0 Å². The Labute approximate surface area is 254 Å². The fourth-order valence-electron chi connectivity index (χ4n) is 6.62. The van der Waals surface area contributed by atoms with Gasteiger partial charge in [-0.3, -0.25) is 0 Å². The van der Waals surface area contributed by atoms with Crippen molar-refractivity contribution in [3.63, 3.8) is 0 Å². The Morgan fingerprint density at radius 1 is 0.732 bits per heavy atom. The number of allylic oxidation sites excluding steroid dienone is 2. The van der Waals surface area contributed by atoms with Crippen LogP contribution in [0, 0.1) is 34.6 Å². The van der Waals surface area contributed by atoms with Gasteiger partial charge in [0.1, 0.15) is 0 Å². The van der Waals surface area contributed by atoms with Gasteiger partial charge in [0.05, 0.1) is 0 Å². The number of benzene rings is 3. The third-order valence-corrected chi connectivity index (χ3v) is 13.7. The molecule has 3 heterocycles. The molecule has 4 aromatic rings. The van der Waals surface area contributed by atoms with E-state index in [1.54, 1.807) is 0 Å². The number of fused-ring (bicyclic) bond motifs is 2. The molecular formula is C34H33BF2N2Se2. The van der Waals surface area contributed by atoms with E-state index in [1.807, 2.05) is 50.2 Å². The molecule has 0 saturated heterocycles. The second-order valence-electron chi connectivity index (χ2n) is 11.1. The molecule has 1 aromatic heterocycles. The maximum atomic E-state index is 17.1. The zero-order valence-electron chi connectivity index (χ0n) is 24.5. The van der Waals surface area contributed by atoms with Crippen LogP contribution in [0.15, 0.2) is 88.5 Å². The number of hydrogen-bond donors (Lipinski definition) is 0. The Hall–Kier alpha value is -2.95. The van der Waals surface area contributed by atoms with E-state index in [-0.39, 0.29) is 29.9 Å². The summed E-state index contributed by atoms with van der Waals surface area (Å²) in [5.74, 6) is 0. The zero-order valence-corrected chi connectivity index (χ0v) is 27.9. The normalized spacial score (nSPS) is 16.0. The van der Waals surface area contributed by atoms with Crippen molar-refractivity contribution in [2.24, 2.45) is 0 Å². The summed E-state index contributed by atoms with van der Waals surface area (Å²) in [5.41, 5.74) is 10.1. The van der Waals surface area contributed by atoms with Gasteiger partial charge in [0.25, 0.3) is 0 Å². The van der Waals surface area contributed by atoms with Gasteiger partial charge in [0, 0.05) is 0 Å². The Bertz CT molecular complexity index is 1790. The van der Waals surface area contributed by atoms with E-state index < -0.39 is 6.97 Å². The van der Waals surface area contributed by atoms with Gasteiger partial charge in [-0.15, -0.1) is 0 Å². The van der Waals surface area contributed by atoms with Crippen molar-refractivity contribution < 1.29 is 13.1 Å². The number of aryl methyl sites for hydroxylation is 3. The molecule has 0 amide bonds. The summed E-state index contributed by atoms with van der Waals surface area (Å²) in [6, 6.07) is 24.9. The van der Waals surface area contributed by atoms with Crippen molar-refractivity contribution >= 4 is 61.6 Å². The van der Waals surface area contributed by atoms with Crippen molar-refractivity contribution in [1.29, 1.82) is 0 Å². The molecule has 6 rings (SSSR count). The summed E-state index contributed by atoms with van der Waals surface area (Å²) in [6.45, 7) is 10.1. The second kappa shape index (κ2) is 10.4. The molecule has 0 spiro atoms. The summed E-state index contributed by atoms with van der Waals surface area (Å²) in [4.78, 5) is 0. The Kier molecular flexibility index (Phi) is 7.15. The summed E-state index contributed by atoms with van der Waals surface area (Å²) < 4.78 is 41.5. The number of nitrogens with zero attached hydrogens (tertiary/aromatic N) is 2. The molecule has 2 nitrogen and oxygen atoms in total. The standard InChI is InChI=1S/C34H33BF2N2Se2/c1-20-18-21(2)29(22(3)19-20)30-31-23(4)33(40-27-14-10-8-11-15-27)25(6)38(31)35(36,37)39-26(7)34(24(5)32(30)39)41-28-16-12-9-13-17-28/h8-19H,1-7H3. The van der Waals surface area contributed by atoms with E-state index in [9.17, 15) is 0 Å². The van der Waals surface area contributed by atoms with E-state index in [0.29, 0.717) is 22.8 Å². The van der Waals surface area contributed by atoms with Gasteiger partial charge in [-0.05, 0) is 0 Å². The van der Waals surface area contributed by atoms with Crippen LogP contribution in [0.5, 0.6) is 0 Å². The van der Waals surface area contributed by atoms with E-state index in [4.69, 9.17) is 0 Å². The third-order valence-electron chi connectivity index (χ3n) is 8.20. The maximum absolute atomic E-state index is 17.1. The number of aromatic nitrogens is 1. The summed E-state index contributed by atoms with van der Waals surface area (Å²) in [7, 11) is 0. The zero-order chi connectivity index (χ0) is 29.2. The molecule has 208 valence electrons. The molecule has 7 heteroatoms. The van der Waals surface area contributed by atoms with E-state index >= 15 is 8.63 Å². The Balaban J connectivity index is 1.70. The van der Waals surface area contributed by atoms with Gasteiger partial charge in [-0.2, -0.15) is 0 Å². The molecule has 0 atom stereocenters. The predicted molar refractivity (Wildman–Crippen MR) is 171 cm³/mol. The predicted octanol–water partition coefficient (Wildman–Crippen LogP) is 5.47. The average molecular weight is 676 g/mol. The van der Waals surface area contributed by atoms with Crippen LogP contribution in [0.2, 0.25) is 0 Å². The molecule has 3 aromatic carbocycles. The molecule has 0 N–H and O–H groups in total. The Morgan fingerprint density at radius 2 is 1.27 bits per heavy atom. The van der Waals surface area contributed by atoms with Crippen LogP contribution in [0.1, 0.15) is 53.1 Å². The van der Waals surface area contributed by atoms with Crippen LogP contribution < -0.4 is 13.4 Å². The molecule has 41 heavy (non-hydrogen) atoms. The summed E-state index contributed by atoms with van der Waals surface area (Å²) in [6.07, 6.45) is 0. The molecule has 0 radical (unpaired) electrons. The van der Waals surface area contributed by atoms with Gasteiger partial charge < -0.3 is 0 Å². The summed E-state index contributed by atoms with van der Waals surface area (Å²) >= 11 is -0.177. The van der Waals surface area contributed by atoms with Gasteiger partial charge in [0.2, 0.25) is 0 Å². The average Bonchev–Trinajstić information content (AvgIpc) is 3.33. The van der Waals surface area contributed by atoms with E-state index in [0.717, 1.165) is 42.3 Å². The number of halogens is 2. The molecule has 2 aliphatic heterocycles. The van der Waals surface area contributed by atoms with Crippen molar-refractivity contribution in [2.45, 2.75) is 48.5 Å². The van der Waals surface area contributed by atoms with Gasteiger partial charge in [-0.1, -0.05) is 0 Å². The van der Waals surface area contributed by atoms with Crippen molar-refractivity contribution in [1.82, 2.24) is 4.48 Å². The van der Waals surface area contributed by atoms with Crippen LogP contribution in [-0.4, -0.2) is 51.6 Å². The van der Waals surface area contributed by atoms with Gasteiger partial charge >= 0.3 is 255 Å². The van der Waals surface area contributed by atoms with Crippen LogP contribution in [0.25, 0.3) is 5.57 Å². The fraction of sp³-hybridized carbons (Fsp3) is 0.206. The minimum absolute atomic E-state index is 0.0886. The number of rotatable bonds is 5. The molecule has 0 fully saturated rings. The topological polar surface area (TPSA) is 7.94 Å². The van der Waals surface area contributed by atoms with E-state index in [2.05, 4.69) is 71.0 Å². The van der Waals surface area contributed by atoms with Crippen LogP contribution in [0.3, 0.4) is 0 Å². The fourth-order valence-corrected chi connectivity index (χ4v) is 10.9. The molecular weight excluding hydrogens is 643 g/mol. The monoisotopic (exact) mass is 678 g/mol. The molecule has 0 aliphatic carbocycles. The molecule has 0 saturated carbocycles. The second-order valence-corrected chi connectivity index (χ2v) is 15.6. The van der Waals surface area contributed by atoms with Crippen LogP contribution >= 0.6 is 0 Å². The first-order valence-electron chi connectivity index (χ1n) is 13.9. The van der Waals surface area contributed by atoms with Gasteiger partial charge in [-0.25, -0.2) is 0 Å². The first-order valence-corrected chi connectivity index (χ1v) is 17.3. The van der Waals surface area contributed by atoms with Crippen LogP contribution in [-0.2, 0) is 0 Å². The van der Waals surface area contributed by atoms with Crippen molar-refractivity contribution in [3.8, 4) is 0 Å². The summed E-state index contributed by atoms with van der Waals surface area (Å²) in [5, 5.41) is 0. The molecule has 0 unspecified atom stereocenters. The van der Waals surface area contributed by atoms with Crippen molar-refractivity contribution in [3.05, 3.63) is 128 Å². The number of hydrogen-bond acceptors (Lipinski definition) is 0. The third kappa shape index (κ3) is 4.46. The Morgan fingerprint density at radius 3 is 1.83 bits per heavy atom. The van der Waals surface area contributed by atoms with Crippen LogP contribution in [0.4, 0.5) is 8.63 Å². The molecule has 2 aliphatic rings. The first kappa shape index (κ1) is 28.2.